The molecule has 0 spiro atoms. The van der Waals surface area contributed by atoms with Crippen molar-refractivity contribution in [1.29, 1.82) is 0 Å². The molecule has 2 aromatic rings. The van der Waals surface area contributed by atoms with Crippen LogP contribution in [0.15, 0.2) is 108 Å². The fraction of sp³-hybridized carbons (Fsp3) is 0.385. The van der Waals surface area contributed by atoms with E-state index in [4.69, 9.17) is 0 Å². The van der Waals surface area contributed by atoms with E-state index in [1.165, 1.54) is 44.6 Å². The highest BCUT2D eigenvalue weighted by atomic mass is 14.2. The first kappa shape index (κ1) is 30.4. The van der Waals surface area contributed by atoms with Crippen LogP contribution < -0.4 is 0 Å². The van der Waals surface area contributed by atoms with Gasteiger partial charge in [-0.1, -0.05) is 130 Å². The van der Waals surface area contributed by atoms with Crippen molar-refractivity contribution in [2.45, 2.75) is 80.6 Å². The summed E-state index contributed by atoms with van der Waals surface area (Å²) in [6.45, 7) is 15.8. The fourth-order valence-electron chi connectivity index (χ4n) is 5.22. The van der Waals surface area contributed by atoms with Crippen LogP contribution in [0.3, 0.4) is 0 Å². The van der Waals surface area contributed by atoms with Gasteiger partial charge in [-0.3, -0.25) is 0 Å². The Kier molecular flexibility index (Phi) is 12.1. The van der Waals surface area contributed by atoms with Gasteiger partial charge in [0.05, 0.1) is 0 Å². The van der Waals surface area contributed by atoms with Gasteiger partial charge in [0.15, 0.2) is 0 Å². The lowest BCUT2D eigenvalue weighted by atomic mass is 9.84. The molecule has 0 amide bonds. The molecule has 2 unspecified atom stereocenters. The summed E-state index contributed by atoms with van der Waals surface area (Å²) < 4.78 is 0. The zero-order valence-corrected chi connectivity index (χ0v) is 25.5. The monoisotopic (exact) mass is 518 g/mol. The molecule has 1 aliphatic rings. The highest BCUT2D eigenvalue weighted by Gasteiger charge is 2.16. The first-order chi connectivity index (χ1) is 18.8. The van der Waals surface area contributed by atoms with E-state index in [2.05, 4.69) is 146 Å². The smallest absolute Gasteiger partial charge is 0.00237 e. The van der Waals surface area contributed by atoms with Gasteiger partial charge in [0, 0.05) is 5.92 Å². The number of hydrogen-bond donors (Lipinski definition) is 0. The minimum absolute atomic E-state index is 0.423. The van der Waals surface area contributed by atoms with Crippen LogP contribution in [-0.4, -0.2) is 0 Å². The van der Waals surface area contributed by atoms with Crippen LogP contribution in [0, 0.1) is 17.8 Å². The molecule has 2 atom stereocenters. The maximum Gasteiger partial charge on any atom is 0.00237 e. The molecule has 0 heteroatoms. The summed E-state index contributed by atoms with van der Waals surface area (Å²) in [6, 6.07) is 20.0. The van der Waals surface area contributed by atoms with Crippen LogP contribution in [0.4, 0.5) is 0 Å². The van der Waals surface area contributed by atoms with Crippen molar-refractivity contribution < 1.29 is 0 Å². The Labute approximate surface area is 239 Å². The summed E-state index contributed by atoms with van der Waals surface area (Å²) in [6.07, 6.45) is 22.1. The summed E-state index contributed by atoms with van der Waals surface area (Å²) >= 11 is 0. The first-order valence-electron chi connectivity index (χ1n) is 15.1. The lowest BCUT2D eigenvalue weighted by Gasteiger charge is -2.21. The summed E-state index contributed by atoms with van der Waals surface area (Å²) in [5.41, 5.74) is 11.1. The molecule has 0 radical (unpaired) electrons. The molecule has 0 aromatic heterocycles. The Hall–Kier alpha value is -3.12. The highest BCUT2D eigenvalue weighted by Crippen LogP contribution is 2.33. The molecule has 0 heterocycles. The zero-order chi connectivity index (χ0) is 28.2. The zero-order valence-electron chi connectivity index (χ0n) is 25.5. The Morgan fingerprint density at radius 1 is 0.949 bits per heavy atom. The average molecular weight is 519 g/mol. The Morgan fingerprint density at radius 2 is 1.64 bits per heavy atom. The molecule has 39 heavy (non-hydrogen) atoms. The van der Waals surface area contributed by atoms with E-state index in [-0.39, 0.29) is 0 Å². The fourth-order valence-corrected chi connectivity index (χ4v) is 5.22. The third-order valence-electron chi connectivity index (χ3n) is 8.04. The Morgan fingerprint density at radius 3 is 2.23 bits per heavy atom. The van der Waals surface area contributed by atoms with Crippen LogP contribution in [0.1, 0.15) is 97.3 Å². The SMILES string of the molecule is C/C=C(\C=C/CC(C)C)c1ccc(/C(=C/C(CC/C(C)=C(\C)c2ccccc2)C2=CCC(C)C=C2)CC)cc1. The molecule has 0 aliphatic heterocycles. The van der Waals surface area contributed by atoms with E-state index in [9.17, 15) is 0 Å². The van der Waals surface area contributed by atoms with Gasteiger partial charge in [-0.2, -0.15) is 0 Å². The second kappa shape index (κ2) is 15.5. The summed E-state index contributed by atoms with van der Waals surface area (Å²) in [7, 11) is 0. The Bertz CT molecular complexity index is 1220. The number of allylic oxidation sites excluding steroid dienone is 12. The van der Waals surface area contributed by atoms with Crippen LogP contribution in [-0.2, 0) is 0 Å². The van der Waals surface area contributed by atoms with Crippen LogP contribution >= 0.6 is 0 Å². The van der Waals surface area contributed by atoms with Gasteiger partial charge in [0.25, 0.3) is 0 Å². The van der Waals surface area contributed by atoms with Crippen molar-refractivity contribution in [3.05, 3.63) is 125 Å². The minimum atomic E-state index is 0.423. The predicted octanol–water partition coefficient (Wildman–Crippen LogP) is 11.9. The van der Waals surface area contributed by atoms with Crippen LogP contribution in [0.2, 0.25) is 0 Å². The summed E-state index contributed by atoms with van der Waals surface area (Å²) in [5, 5.41) is 0. The van der Waals surface area contributed by atoms with E-state index in [1.54, 1.807) is 0 Å². The van der Waals surface area contributed by atoms with E-state index >= 15 is 0 Å². The van der Waals surface area contributed by atoms with Crippen molar-refractivity contribution in [3.8, 4) is 0 Å². The molecule has 206 valence electrons. The van der Waals surface area contributed by atoms with Crippen LogP contribution in [0.5, 0.6) is 0 Å². The molecule has 3 rings (SSSR count). The van der Waals surface area contributed by atoms with Crippen LogP contribution in [0.25, 0.3) is 16.7 Å². The molecular weight excluding hydrogens is 468 g/mol. The largest absolute Gasteiger partial charge is 0.0837 e. The lowest BCUT2D eigenvalue weighted by molar-refractivity contribution is 0.654. The highest BCUT2D eigenvalue weighted by molar-refractivity contribution is 5.76. The normalized spacial score (nSPS) is 17.9. The second-order valence-corrected chi connectivity index (χ2v) is 11.6. The van der Waals surface area contributed by atoms with Crippen molar-refractivity contribution in [1.82, 2.24) is 0 Å². The van der Waals surface area contributed by atoms with Crippen molar-refractivity contribution in [2.75, 3.05) is 0 Å². The second-order valence-electron chi connectivity index (χ2n) is 11.6. The molecule has 0 nitrogen and oxygen atoms in total. The molecule has 1 aliphatic carbocycles. The molecule has 0 N–H and O–H groups in total. The van der Waals surface area contributed by atoms with Crippen molar-refractivity contribution in [2.24, 2.45) is 17.8 Å². The van der Waals surface area contributed by atoms with Crippen molar-refractivity contribution >= 4 is 16.7 Å². The maximum absolute atomic E-state index is 2.56. The van der Waals surface area contributed by atoms with Gasteiger partial charge in [-0.15, -0.1) is 0 Å². The van der Waals surface area contributed by atoms with Gasteiger partial charge in [0.2, 0.25) is 0 Å². The molecular formula is C39H50. The topological polar surface area (TPSA) is 0 Å². The first-order valence-corrected chi connectivity index (χ1v) is 15.1. The van der Waals surface area contributed by atoms with E-state index < -0.39 is 0 Å². The molecule has 0 saturated carbocycles. The molecule has 0 bridgehead atoms. The number of benzene rings is 2. The maximum atomic E-state index is 2.56. The number of rotatable bonds is 12. The van der Waals surface area contributed by atoms with Gasteiger partial charge in [-0.05, 0) is 104 Å². The van der Waals surface area contributed by atoms with Gasteiger partial charge < -0.3 is 0 Å². The predicted molar refractivity (Wildman–Crippen MR) is 175 cm³/mol. The standard InChI is InChI=1S/C39H50/c1-8-33(17-13-14-29(3)4)36-24-26-37(27-25-36)34(9-2)28-39(38-21-18-30(5)19-22-38)23-20-31(6)32(7)35-15-11-10-12-16-35/h8,10-13,15-18,21-22,24-30,39H,9,14,19-20,23H2,1-7H3/b17-13-,32-31+,33-8+,34-28+. The molecule has 2 aromatic carbocycles. The van der Waals surface area contributed by atoms with E-state index in [0.29, 0.717) is 17.8 Å². The van der Waals surface area contributed by atoms with Gasteiger partial charge in [-0.25, -0.2) is 0 Å². The number of hydrogen-bond acceptors (Lipinski definition) is 0. The van der Waals surface area contributed by atoms with E-state index in [1.807, 2.05) is 0 Å². The molecule has 0 saturated heterocycles. The average Bonchev–Trinajstić information content (AvgIpc) is 2.96. The van der Waals surface area contributed by atoms with Crippen molar-refractivity contribution in [3.63, 3.8) is 0 Å². The quantitative estimate of drug-likeness (QED) is 0.245. The summed E-state index contributed by atoms with van der Waals surface area (Å²) in [5.74, 6) is 1.74. The third kappa shape index (κ3) is 9.24. The molecule has 0 fully saturated rings. The third-order valence-corrected chi connectivity index (χ3v) is 8.04. The Balaban J connectivity index is 1.85. The van der Waals surface area contributed by atoms with E-state index in [0.717, 1.165) is 32.1 Å². The lowest BCUT2D eigenvalue weighted by Crippen LogP contribution is -2.06. The van der Waals surface area contributed by atoms with Gasteiger partial charge in [0.1, 0.15) is 0 Å². The summed E-state index contributed by atoms with van der Waals surface area (Å²) in [4.78, 5) is 0. The minimum Gasteiger partial charge on any atom is -0.0837 e. The van der Waals surface area contributed by atoms with Gasteiger partial charge >= 0.3 is 0 Å².